The van der Waals surface area contributed by atoms with Gasteiger partial charge in [-0.3, -0.25) is 0 Å². The second kappa shape index (κ2) is 5.49. The van der Waals surface area contributed by atoms with E-state index in [-0.39, 0.29) is 9.52 Å². The van der Waals surface area contributed by atoms with Crippen molar-refractivity contribution < 1.29 is 9.47 Å². The predicted molar refractivity (Wildman–Crippen MR) is 71.9 cm³/mol. The monoisotopic (exact) mass is 260 g/mol. The standard InChI is InChI=1S/C12H21ClO2Si/c1-5-9-16-10-7-6-8-12(13,15-4)11(10,2)14-3/h6-8H,5,9,16H2,1-4H3. The van der Waals surface area contributed by atoms with Crippen LogP contribution >= 0.6 is 11.6 Å². The molecule has 16 heavy (non-hydrogen) atoms. The zero-order valence-electron chi connectivity index (χ0n) is 10.5. The molecule has 0 radical (unpaired) electrons. The molecule has 0 bridgehead atoms. The van der Waals surface area contributed by atoms with Gasteiger partial charge in [-0.25, -0.2) is 0 Å². The van der Waals surface area contributed by atoms with E-state index in [1.165, 1.54) is 17.7 Å². The number of alkyl halides is 1. The first kappa shape index (κ1) is 14.0. The third kappa shape index (κ3) is 2.28. The molecule has 1 rings (SSSR count). The lowest BCUT2D eigenvalue weighted by Crippen LogP contribution is -2.53. The summed E-state index contributed by atoms with van der Waals surface area (Å²) in [5.74, 6) is 0. The van der Waals surface area contributed by atoms with Crippen LogP contribution in [-0.2, 0) is 9.47 Å². The van der Waals surface area contributed by atoms with Crippen LogP contribution < -0.4 is 0 Å². The Bertz CT molecular complexity index is 303. The van der Waals surface area contributed by atoms with Crippen LogP contribution in [0.4, 0.5) is 0 Å². The third-order valence-corrected chi connectivity index (χ3v) is 6.53. The molecule has 0 saturated carbocycles. The fraction of sp³-hybridized carbons (Fsp3) is 0.667. The third-order valence-electron chi connectivity index (χ3n) is 3.38. The summed E-state index contributed by atoms with van der Waals surface area (Å²) in [5, 5.41) is 0.461. The topological polar surface area (TPSA) is 18.5 Å². The van der Waals surface area contributed by atoms with Crippen molar-refractivity contribution in [2.45, 2.75) is 37.0 Å². The molecule has 0 aromatic heterocycles. The number of hydrogen-bond donors (Lipinski definition) is 0. The van der Waals surface area contributed by atoms with E-state index in [1.807, 2.05) is 19.1 Å². The van der Waals surface area contributed by atoms with E-state index in [1.54, 1.807) is 14.2 Å². The molecule has 0 heterocycles. The van der Waals surface area contributed by atoms with Crippen LogP contribution in [0.5, 0.6) is 0 Å². The SMILES string of the molecule is CCC[SiH2]C1=CC=CC(Cl)(OC)C1(C)OC. The Labute approximate surface area is 105 Å². The van der Waals surface area contributed by atoms with E-state index in [9.17, 15) is 0 Å². The van der Waals surface area contributed by atoms with Crippen LogP contribution in [0.25, 0.3) is 0 Å². The van der Waals surface area contributed by atoms with Crippen molar-refractivity contribution >= 4 is 21.1 Å². The maximum Gasteiger partial charge on any atom is 0.192 e. The van der Waals surface area contributed by atoms with Crippen molar-refractivity contribution in [2.24, 2.45) is 0 Å². The molecule has 2 nitrogen and oxygen atoms in total. The second-order valence-corrected chi connectivity index (χ2v) is 6.77. The molecule has 0 aliphatic heterocycles. The Morgan fingerprint density at radius 2 is 2.06 bits per heavy atom. The zero-order valence-corrected chi connectivity index (χ0v) is 12.7. The van der Waals surface area contributed by atoms with E-state index >= 15 is 0 Å². The fourth-order valence-electron chi connectivity index (χ4n) is 2.05. The smallest absolute Gasteiger partial charge is 0.192 e. The van der Waals surface area contributed by atoms with Gasteiger partial charge in [0.2, 0.25) is 0 Å². The Balaban J connectivity index is 2.99. The molecule has 0 spiro atoms. The molecule has 1 aliphatic carbocycles. The Morgan fingerprint density at radius 1 is 1.38 bits per heavy atom. The Hall–Kier alpha value is -0.0931. The largest absolute Gasteiger partial charge is 0.370 e. The van der Waals surface area contributed by atoms with Crippen LogP contribution in [0.15, 0.2) is 23.4 Å². The highest BCUT2D eigenvalue weighted by atomic mass is 35.5. The Morgan fingerprint density at radius 3 is 2.56 bits per heavy atom. The molecule has 0 aromatic carbocycles. The van der Waals surface area contributed by atoms with E-state index < -0.39 is 10.7 Å². The van der Waals surface area contributed by atoms with Gasteiger partial charge in [-0.2, -0.15) is 0 Å². The minimum absolute atomic E-state index is 0.307. The van der Waals surface area contributed by atoms with E-state index in [4.69, 9.17) is 21.1 Å². The number of allylic oxidation sites excluding steroid dienone is 2. The summed E-state index contributed by atoms with van der Waals surface area (Å²) in [7, 11) is 3.01. The second-order valence-electron chi connectivity index (χ2n) is 4.24. The van der Waals surface area contributed by atoms with E-state index in [0.29, 0.717) is 0 Å². The maximum atomic E-state index is 6.49. The fourth-order valence-corrected chi connectivity index (χ4v) is 4.35. The molecule has 0 saturated heterocycles. The zero-order chi connectivity index (χ0) is 12.2. The van der Waals surface area contributed by atoms with Crippen LogP contribution in [0, 0.1) is 0 Å². The first-order valence-electron chi connectivity index (χ1n) is 5.72. The first-order valence-corrected chi connectivity index (χ1v) is 7.80. The van der Waals surface area contributed by atoms with Gasteiger partial charge in [-0.15, -0.1) is 0 Å². The van der Waals surface area contributed by atoms with Gasteiger partial charge in [0.1, 0.15) is 5.60 Å². The lowest BCUT2D eigenvalue weighted by atomic mass is 9.92. The molecule has 0 N–H and O–H groups in total. The molecule has 0 aromatic rings. The van der Waals surface area contributed by atoms with Crippen LogP contribution in [-0.4, -0.2) is 34.4 Å². The van der Waals surface area contributed by atoms with Crippen molar-refractivity contribution in [3.63, 3.8) is 0 Å². The van der Waals surface area contributed by atoms with E-state index in [2.05, 4.69) is 13.0 Å². The van der Waals surface area contributed by atoms with Crippen molar-refractivity contribution in [1.82, 2.24) is 0 Å². The highest BCUT2D eigenvalue weighted by molar-refractivity contribution is 6.47. The van der Waals surface area contributed by atoms with E-state index in [0.717, 1.165) is 0 Å². The summed E-state index contributed by atoms with van der Waals surface area (Å²) in [5.41, 5.74) is -0.528. The van der Waals surface area contributed by atoms with Gasteiger partial charge in [-0.05, 0) is 13.0 Å². The van der Waals surface area contributed by atoms with Gasteiger partial charge in [0.05, 0.1) is 9.52 Å². The average Bonchev–Trinajstić information content (AvgIpc) is 2.31. The van der Waals surface area contributed by atoms with Gasteiger partial charge in [0.25, 0.3) is 0 Å². The van der Waals surface area contributed by atoms with Gasteiger partial charge in [-0.1, -0.05) is 48.3 Å². The molecule has 1 aliphatic rings. The molecular formula is C12H21ClO2Si. The lowest BCUT2D eigenvalue weighted by Gasteiger charge is -2.44. The molecular weight excluding hydrogens is 240 g/mol. The summed E-state index contributed by atoms with van der Waals surface area (Å²) in [6, 6.07) is 1.27. The maximum absolute atomic E-state index is 6.49. The van der Waals surface area contributed by atoms with Crippen molar-refractivity contribution in [1.29, 1.82) is 0 Å². The molecule has 0 amide bonds. The number of rotatable bonds is 5. The summed E-state index contributed by atoms with van der Waals surface area (Å²) in [6.07, 6.45) is 7.21. The molecule has 2 atom stereocenters. The molecule has 4 heteroatoms. The highest BCUT2D eigenvalue weighted by Gasteiger charge is 2.49. The number of halogens is 1. The number of ether oxygens (including phenoxy) is 2. The van der Waals surface area contributed by atoms with Gasteiger partial charge < -0.3 is 9.47 Å². The number of hydrogen-bond acceptors (Lipinski definition) is 2. The normalized spacial score (nSPS) is 34.7. The first-order chi connectivity index (χ1) is 7.54. The summed E-state index contributed by atoms with van der Waals surface area (Å²) < 4.78 is 11.1. The van der Waals surface area contributed by atoms with Gasteiger partial charge in [0.15, 0.2) is 5.06 Å². The summed E-state index contributed by atoms with van der Waals surface area (Å²) in [4.78, 5) is 0. The summed E-state index contributed by atoms with van der Waals surface area (Å²) >= 11 is 6.49. The molecule has 2 unspecified atom stereocenters. The lowest BCUT2D eigenvalue weighted by molar-refractivity contribution is -0.0817. The highest BCUT2D eigenvalue weighted by Crippen LogP contribution is 2.42. The van der Waals surface area contributed by atoms with Gasteiger partial charge in [0, 0.05) is 14.2 Å². The average molecular weight is 261 g/mol. The van der Waals surface area contributed by atoms with Crippen molar-refractivity contribution in [3.8, 4) is 0 Å². The predicted octanol–water partition coefficient (Wildman–Crippen LogP) is 2.42. The van der Waals surface area contributed by atoms with Crippen LogP contribution in [0.3, 0.4) is 0 Å². The number of methoxy groups -OCH3 is 2. The van der Waals surface area contributed by atoms with Gasteiger partial charge >= 0.3 is 0 Å². The Kier molecular flexibility index (Phi) is 4.80. The van der Waals surface area contributed by atoms with Crippen molar-refractivity contribution in [2.75, 3.05) is 14.2 Å². The summed E-state index contributed by atoms with van der Waals surface area (Å²) in [6.45, 7) is 4.22. The minimum atomic E-state index is -0.868. The van der Waals surface area contributed by atoms with Crippen LogP contribution in [0.2, 0.25) is 6.04 Å². The molecule has 92 valence electrons. The van der Waals surface area contributed by atoms with Crippen molar-refractivity contribution in [3.05, 3.63) is 23.4 Å². The quantitative estimate of drug-likeness (QED) is 0.558. The van der Waals surface area contributed by atoms with Crippen LogP contribution in [0.1, 0.15) is 20.3 Å². The molecule has 0 fully saturated rings. The minimum Gasteiger partial charge on any atom is -0.370 e.